The van der Waals surface area contributed by atoms with E-state index in [9.17, 15) is 4.79 Å². The van der Waals surface area contributed by atoms with E-state index in [0.29, 0.717) is 6.54 Å². The van der Waals surface area contributed by atoms with Gasteiger partial charge in [-0.3, -0.25) is 4.79 Å². The van der Waals surface area contributed by atoms with Crippen molar-refractivity contribution in [2.45, 2.75) is 19.9 Å². The van der Waals surface area contributed by atoms with Gasteiger partial charge in [-0.1, -0.05) is 37.3 Å². The highest BCUT2D eigenvalue weighted by molar-refractivity contribution is 7.18. The van der Waals surface area contributed by atoms with Crippen LogP contribution in [0.25, 0.3) is 10.2 Å². The van der Waals surface area contributed by atoms with Crippen LogP contribution >= 0.6 is 11.3 Å². The van der Waals surface area contributed by atoms with Crippen molar-refractivity contribution in [1.29, 1.82) is 0 Å². The number of fused-ring (bicyclic) bond motifs is 1. The number of likely N-dealkylation sites (N-methyl/N-ethyl adjacent to an activating group) is 1. The van der Waals surface area contributed by atoms with Crippen LogP contribution in [-0.4, -0.2) is 24.5 Å². The largest absolute Gasteiger partial charge is 0.324 e. The van der Waals surface area contributed by atoms with E-state index in [1.807, 2.05) is 49.5 Å². The molecule has 0 aliphatic heterocycles. The third kappa shape index (κ3) is 3.99. The van der Waals surface area contributed by atoms with Crippen LogP contribution in [-0.2, 0) is 17.8 Å². The molecule has 0 aliphatic rings. The van der Waals surface area contributed by atoms with Crippen LogP contribution < -0.4 is 10.2 Å². The molecular formula is C19H22N3OS+. The van der Waals surface area contributed by atoms with Crippen LogP contribution in [0.4, 0.5) is 5.69 Å². The van der Waals surface area contributed by atoms with E-state index in [4.69, 9.17) is 0 Å². The molecular weight excluding hydrogens is 318 g/mol. The van der Waals surface area contributed by atoms with Crippen LogP contribution in [0.2, 0.25) is 0 Å². The van der Waals surface area contributed by atoms with E-state index in [2.05, 4.69) is 23.3 Å². The first-order valence-corrected chi connectivity index (χ1v) is 9.01. The van der Waals surface area contributed by atoms with Gasteiger partial charge in [-0.2, -0.15) is 0 Å². The number of nitrogens with zero attached hydrogens (tertiary/aromatic N) is 1. The molecule has 1 unspecified atom stereocenters. The topological polar surface area (TPSA) is 46.4 Å². The highest BCUT2D eigenvalue weighted by atomic mass is 32.1. The molecule has 1 amide bonds. The quantitative estimate of drug-likeness (QED) is 0.724. The Morgan fingerprint density at radius 3 is 2.71 bits per heavy atom. The lowest BCUT2D eigenvalue weighted by molar-refractivity contribution is -0.885. The fourth-order valence-corrected chi connectivity index (χ4v) is 3.82. The Morgan fingerprint density at radius 1 is 1.17 bits per heavy atom. The molecule has 3 aromatic rings. The summed E-state index contributed by atoms with van der Waals surface area (Å²) in [6, 6.07) is 16.1. The molecule has 1 atom stereocenters. The maximum absolute atomic E-state index is 12.3. The molecule has 1 aromatic heterocycles. The van der Waals surface area contributed by atoms with E-state index in [1.54, 1.807) is 11.3 Å². The van der Waals surface area contributed by atoms with Crippen molar-refractivity contribution < 1.29 is 9.69 Å². The zero-order valence-corrected chi connectivity index (χ0v) is 14.8. The van der Waals surface area contributed by atoms with Crippen LogP contribution in [0.15, 0.2) is 48.5 Å². The average Bonchev–Trinajstić information content (AvgIpc) is 2.97. The molecule has 5 heteroatoms. The minimum atomic E-state index is 0.0366. The van der Waals surface area contributed by atoms with Crippen molar-refractivity contribution in [3.63, 3.8) is 0 Å². The zero-order valence-electron chi connectivity index (χ0n) is 14.0. The van der Waals surface area contributed by atoms with E-state index in [1.165, 1.54) is 4.70 Å². The summed E-state index contributed by atoms with van der Waals surface area (Å²) in [5.74, 6) is 0.0366. The number of benzene rings is 2. The SMILES string of the molecule is CCc1ccccc1NC(=O)C[NH+](C)Cc1nc2ccccc2s1. The lowest BCUT2D eigenvalue weighted by atomic mass is 10.1. The molecule has 0 saturated carbocycles. The first kappa shape index (κ1) is 16.6. The van der Waals surface area contributed by atoms with Crippen molar-refractivity contribution >= 4 is 33.1 Å². The number of quaternary nitrogens is 1. The van der Waals surface area contributed by atoms with Gasteiger partial charge in [0.2, 0.25) is 0 Å². The summed E-state index contributed by atoms with van der Waals surface area (Å²) in [5, 5.41) is 4.09. The summed E-state index contributed by atoms with van der Waals surface area (Å²) in [6.07, 6.45) is 0.908. The van der Waals surface area contributed by atoms with Crippen molar-refractivity contribution in [3.8, 4) is 0 Å². The molecule has 0 bridgehead atoms. The Bertz CT molecular complexity index is 810. The van der Waals surface area contributed by atoms with Crippen LogP contribution in [0.1, 0.15) is 17.5 Å². The first-order chi connectivity index (χ1) is 11.7. The number of anilines is 1. The van der Waals surface area contributed by atoms with E-state index in [-0.39, 0.29) is 5.91 Å². The van der Waals surface area contributed by atoms with Crippen LogP contribution in [0.3, 0.4) is 0 Å². The zero-order chi connectivity index (χ0) is 16.9. The summed E-state index contributed by atoms with van der Waals surface area (Å²) in [6.45, 7) is 3.27. The summed E-state index contributed by atoms with van der Waals surface area (Å²) in [4.78, 5) is 18.1. The van der Waals surface area contributed by atoms with Gasteiger partial charge in [0.05, 0.1) is 17.3 Å². The second kappa shape index (κ2) is 7.55. The molecule has 0 aliphatic carbocycles. The molecule has 3 rings (SSSR count). The lowest BCUT2D eigenvalue weighted by Gasteiger charge is -2.13. The molecule has 24 heavy (non-hydrogen) atoms. The average molecular weight is 340 g/mol. The van der Waals surface area contributed by atoms with Gasteiger partial charge in [0.1, 0.15) is 11.6 Å². The Kier molecular flexibility index (Phi) is 5.23. The number of amides is 1. The molecule has 2 aromatic carbocycles. The Morgan fingerprint density at radius 2 is 1.92 bits per heavy atom. The molecule has 1 heterocycles. The van der Waals surface area contributed by atoms with Crippen molar-refractivity contribution in [2.75, 3.05) is 18.9 Å². The fraction of sp³-hybridized carbons (Fsp3) is 0.263. The predicted molar refractivity (Wildman–Crippen MR) is 99.5 cm³/mol. The highest BCUT2D eigenvalue weighted by Crippen LogP contribution is 2.20. The number of carbonyl (C=O) groups is 1. The number of rotatable bonds is 6. The number of para-hydroxylation sites is 2. The predicted octanol–water partition coefficient (Wildman–Crippen LogP) is 2.51. The number of nitrogens with one attached hydrogen (secondary N) is 2. The summed E-state index contributed by atoms with van der Waals surface area (Å²) >= 11 is 1.70. The van der Waals surface area contributed by atoms with E-state index >= 15 is 0 Å². The molecule has 0 spiro atoms. The minimum Gasteiger partial charge on any atom is -0.324 e. The lowest BCUT2D eigenvalue weighted by Crippen LogP contribution is -3.08. The van der Waals surface area contributed by atoms with Crippen molar-refractivity contribution in [2.24, 2.45) is 0 Å². The summed E-state index contributed by atoms with van der Waals surface area (Å²) in [7, 11) is 2.03. The van der Waals surface area contributed by atoms with Gasteiger partial charge in [0.15, 0.2) is 6.54 Å². The normalized spacial score (nSPS) is 12.2. The molecule has 124 valence electrons. The molecule has 2 N–H and O–H groups in total. The Labute approximate surface area is 146 Å². The highest BCUT2D eigenvalue weighted by Gasteiger charge is 2.14. The smallest absolute Gasteiger partial charge is 0.279 e. The van der Waals surface area contributed by atoms with Gasteiger partial charge >= 0.3 is 0 Å². The van der Waals surface area contributed by atoms with Gasteiger partial charge < -0.3 is 10.2 Å². The van der Waals surface area contributed by atoms with Gasteiger partial charge in [0.25, 0.3) is 5.91 Å². The first-order valence-electron chi connectivity index (χ1n) is 8.19. The van der Waals surface area contributed by atoms with E-state index < -0.39 is 0 Å². The van der Waals surface area contributed by atoms with Gasteiger partial charge in [-0.05, 0) is 30.2 Å². The molecule has 0 fully saturated rings. The van der Waals surface area contributed by atoms with Gasteiger partial charge in [-0.25, -0.2) is 4.98 Å². The molecule has 4 nitrogen and oxygen atoms in total. The maximum Gasteiger partial charge on any atom is 0.279 e. The maximum atomic E-state index is 12.3. The Hall–Kier alpha value is -2.24. The number of aromatic nitrogens is 1. The minimum absolute atomic E-state index is 0.0366. The van der Waals surface area contributed by atoms with E-state index in [0.717, 1.165) is 39.6 Å². The summed E-state index contributed by atoms with van der Waals surface area (Å²) < 4.78 is 1.20. The van der Waals surface area contributed by atoms with Crippen LogP contribution in [0, 0.1) is 0 Å². The monoisotopic (exact) mass is 340 g/mol. The third-order valence-electron chi connectivity index (χ3n) is 3.93. The van der Waals surface area contributed by atoms with Crippen molar-refractivity contribution in [1.82, 2.24) is 4.98 Å². The molecule has 0 saturated heterocycles. The standard InChI is InChI=1S/C19H21N3OS/c1-3-14-8-4-5-9-15(14)20-18(23)12-22(2)13-19-21-16-10-6-7-11-17(16)24-19/h4-11H,3,12-13H2,1-2H3,(H,20,23)/p+1. The number of aryl methyl sites for hydroxylation is 1. The van der Waals surface area contributed by atoms with Gasteiger partial charge in [0, 0.05) is 5.69 Å². The van der Waals surface area contributed by atoms with Crippen molar-refractivity contribution in [3.05, 3.63) is 59.1 Å². The van der Waals surface area contributed by atoms with Gasteiger partial charge in [-0.15, -0.1) is 11.3 Å². The number of thiazole rings is 1. The van der Waals surface area contributed by atoms with Crippen LogP contribution in [0.5, 0.6) is 0 Å². The Balaban J connectivity index is 1.59. The number of carbonyl (C=O) groups excluding carboxylic acids is 1. The number of hydrogen-bond donors (Lipinski definition) is 2. The molecule has 0 radical (unpaired) electrons. The second-order valence-electron chi connectivity index (χ2n) is 5.94. The fourth-order valence-electron chi connectivity index (χ4n) is 2.74. The summed E-state index contributed by atoms with van der Waals surface area (Å²) in [5.41, 5.74) is 3.11. The third-order valence-corrected chi connectivity index (χ3v) is 4.96. The number of hydrogen-bond acceptors (Lipinski definition) is 3. The second-order valence-corrected chi connectivity index (χ2v) is 7.06.